The molecular formula is C21H29N5O3S3. The van der Waals surface area contributed by atoms with E-state index in [0.29, 0.717) is 31.0 Å². The SMILES string of the molecule is CCCCNc1nnc(SCC(=O)N2CCc3cc(S(=O)(=O)N4CCCCC4)ccc32)s1. The van der Waals surface area contributed by atoms with Gasteiger partial charge in [-0.15, -0.1) is 10.2 Å². The number of sulfonamides is 1. The number of fused-ring (bicyclic) bond motifs is 1. The second kappa shape index (κ2) is 10.5. The highest BCUT2D eigenvalue weighted by Gasteiger charge is 2.30. The van der Waals surface area contributed by atoms with E-state index < -0.39 is 10.0 Å². The number of benzene rings is 1. The van der Waals surface area contributed by atoms with E-state index in [1.165, 1.54) is 23.1 Å². The van der Waals surface area contributed by atoms with E-state index >= 15 is 0 Å². The van der Waals surface area contributed by atoms with Crippen molar-refractivity contribution in [3.8, 4) is 0 Å². The number of hydrogen-bond donors (Lipinski definition) is 1. The third kappa shape index (κ3) is 5.27. The molecule has 1 aromatic carbocycles. The summed E-state index contributed by atoms with van der Waals surface area (Å²) in [4.78, 5) is 14.9. The predicted molar refractivity (Wildman–Crippen MR) is 129 cm³/mol. The topological polar surface area (TPSA) is 95.5 Å². The number of anilines is 2. The molecule has 4 rings (SSSR count). The van der Waals surface area contributed by atoms with E-state index in [4.69, 9.17) is 0 Å². The van der Waals surface area contributed by atoms with Crippen LogP contribution >= 0.6 is 23.1 Å². The molecule has 1 fully saturated rings. The minimum atomic E-state index is -3.47. The average Bonchev–Trinajstić information content (AvgIpc) is 3.45. The van der Waals surface area contributed by atoms with Gasteiger partial charge >= 0.3 is 0 Å². The molecule has 2 aliphatic rings. The monoisotopic (exact) mass is 495 g/mol. The number of nitrogens with zero attached hydrogens (tertiary/aromatic N) is 4. The van der Waals surface area contributed by atoms with Crippen molar-refractivity contribution in [3.63, 3.8) is 0 Å². The summed E-state index contributed by atoms with van der Waals surface area (Å²) in [6.45, 7) is 4.75. The molecule has 1 aromatic heterocycles. The van der Waals surface area contributed by atoms with Gasteiger partial charge in [-0.3, -0.25) is 4.79 Å². The molecular weight excluding hydrogens is 466 g/mol. The molecule has 0 saturated carbocycles. The van der Waals surface area contributed by atoms with Crippen molar-refractivity contribution in [2.75, 3.05) is 42.1 Å². The molecule has 1 N–H and O–H groups in total. The van der Waals surface area contributed by atoms with Crippen LogP contribution in [0.2, 0.25) is 0 Å². The summed E-state index contributed by atoms with van der Waals surface area (Å²) >= 11 is 2.85. The van der Waals surface area contributed by atoms with Gasteiger partial charge in [-0.25, -0.2) is 8.42 Å². The summed E-state index contributed by atoms with van der Waals surface area (Å²) in [5, 5.41) is 12.3. The molecule has 2 aromatic rings. The van der Waals surface area contributed by atoms with Crippen molar-refractivity contribution in [2.45, 2.75) is 54.7 Å². The van der Waals surface area contributed by atoms with Crippen LogP contribution in [0.5, 0.6) is 0 Å². The lowest BCUT2D eigenvalue weighted by atomic mass is 10.2. The average molecular weight is 496 g/mol. The maximum absolute atomic E-state index is 13.0. The normalized spacial score (nSPS) is 16.8. The van der Waals surface area contributed by atoms with Gasteiger partial charge < -0.3 is 10.2 Å². The first-order chi connectivity index (χ1) is 15.5. The fraction of sp³-hybridized carbons (Fsp3) is 0.571. The van der Waals surface area contributed by atoms with Crippen LogP contribution in [0.25, 0.3) is 0 Å². The number of aromatic nitrogens is 2. The first-order valence-corrected chi connectivity index (χ1v) is 14.4. The van der Waals surface area contributed by atoms with Gasteiger partial charge in [-0.2, -0.15) is 4.31 Å². The number of amides is 1. The van der Waals surface area contributed by atoms with Crippen LogP contribution in [-0.4, -0.2) is 60.8 Å². The van der Waals surface area contributed by atoms with Crippen molar-refractivity contribution in [2.24, 2.45) is 0 Å². The lowest BCUT2D eigenvalue weighted by Gasteiger charge is -2.26. The quantitative estimate of drug-likeness (QED) is 0.419. The standard InChI is InChI=1S/C21H29N5O3S3/c1-2-3-10-22-20-23-24-21(31-20)30-15-19(27)26-13-9-16-14-17(7-8-18(16)26)32(28,29)25-11-5-4-6-12-25/h7-8,14H,2-6,9-13,15H2,1H3,(H,22,23). The first kappa shape index (κ1) is 23.5. The second-order valence-electron chi connectivity index (χ2n) is 7.99. The molecule has 8 nitrogen and oxygen atoms in total. The maximum Gasteiger partial charge on any atom is 0.243 e. The van der Waals surface area contributed by atoms with Gasteiger partial charge in [0.05, 0.1) is 10.6 Å². The van der Waals surface area contributed by atoms with Crippen molar-refractivity contribution in [3.05, 3.63) is 23.8 Å². The summed E-state index contributed by atoms with van der Waals surface area (Å²) < 4.78 is 28.3. The van der Waals surface area contributed by atoms with Crippen LogP contribution in [-0.2, 0) is 21.2 Å². The predicted octanol–water partition coefficient (Wildman–Crippen LogP) is 3.61. The Hall–Kier alpha value is -1.69. The molecule has 32 heavy (non-hydrogen) atoms. The van der Waals surface area contributed by atoms with Crippen LogP contribution < -0.4 is 10.2 Å². The van der Waals surface area contributed by atoms with Gasteiger partial charge in [-0.05, 0) is 49.4 Å². The van der Waals surface area contributed by atoms with Crippen molar-refractivity contribution in [1.82, 2.24) is 14.5 Å². The summed E-state index contributed by atoms with van der Waals surface area (Å²) in [5.41, 5.74) is 1.73. The van der Waals surface area contributed by atoms with Gasteiger partial charge in [0.2, 0.25) is 21.1 Å². The Bertz CT molecular complexity index is 1050. The van der Waals surface area contributed by atoms with Gasteiger partial charge in [0.1, 0.15) is 0 Å². The van der Waals surface area contributed by atoms with E-state index in [1.54, 1.807) is 27.4 Å². The Morgan fingerprint density at radius 1 is 1.19 bits per heavy atom. The summed E-state index contributed by atoms with van der Waals surface area (Å²) in [6.07, 6.45) is 5.77. The van der Waals surface area contributed by atoms with E-state index in [1.807, 2.05) is 0 Å². The fourth-order valence-electron chi connectivity index (χ4n) is 3.96. The van der Waals surface area contributed by atoms with Crippen LogP contribution in [0, 0.1) is 0 Å². The van der Waals surface area contributed by atoms with Gasteiger partial charge in [-0.1, -0.05) is 42.9 Å². The van der Waals surface area contributed by atoms with Crippen molar-refractivity contribution < 1.29 is 13.2 Å². The highest BCUT2D eigenvalue weighted by molar-refractivity contribution is 8.01. The smallest absolute Gasteiger partial charge is 0.243 e. The Balaban J connectivity index is 1.37. The number of nitrogens with one attached hydrogen (secondary N) is 1. The lowest BCUT2D eigenvalue weighted by molar-refractivity contribution is -0.116. The lowest BCUT2D eigenvalue weighted by Crippen LogP contribution is -2.35. The molecule has 1 saturated heterocycles. The molecule has 3 heterocycles. The van der Waals surface area contributed by atoms with Crippen LogP contribution in [0.1, 0.15) is 44.6 Å². The fourth-order valence-corrected chi connectivity index (χ4v) is 7.19. The van der Waals surface area contributed by atoms with Crippen LogP contribution in [0.3, 0.4) is 0 Å². The minimum absolute atomic E-state index is 0.00363. The largest absolute Gasteiger partial charge is 0.360 e. The van der Waals surface area contributed by atoms with Crippen molar-refractivity contribution in [1.29, 1.82) is 0 Å². The molecule has 174 valence electrons. The Kier molecular flexibility index (Phi) is 7.70. The van der Waals surface area contributed by atoms with E-state index in [0.717, 1.165) is 59.4 Å². The zero-order valence-electron chi connectivity index (χ0n) is 18.2. The summed E-state index contributed by atoms with van der Waals surface area (Å²) in [7, 11) is -3.47. The van der Waals surface area contributed by atoms with E-state index in [2.05, 4.69) is 22.4 Å². The maximum atomic E-state index is 13.0. The number of hydrogen-bond acceptors (Lipinski definition) is 8. The molecule has 0 bridgehead atoms. The Morgan fingerprint density at radius 2 is 2.00 bits per heavy atom. The zero-order valence-corrected chi connectivity index (χ0v) is 20.7. The molecule has 0 aliphatic carbocycles. The molecule has 0 radical (unpaired) electrons. The molecule has 0 atom stereocenters. The molecule has 0 spiro atoms. The highest BCUT2D eigenvalue weighted by Crippen LogP contribution is 2.33. The Morgan fingerprint density at radius 3 is 2.78 bits per heavy atom. The Labute approximate surface area is 197 Å². The number of carbonyl (C=O) groups is 1. The van der Waals surface area contributed by atoms with Crippen LogP contribution in [0.4, 0.5) is 10.8 Å². The summed E-state index contributed by atoms with van der Waals surface area (Å²) in [6, 6.07) is 5.17. The number of carbonyl (C=O) groups excluding carboxylic acids is 1. The number of unbranched alkanes of at least 4 members (excludes halogenated alkanes) is 1. The van der Waals surface area contributed by atoms with E-state index in [9.17, 15) is 13.2 Å². The number of rotatable bonds is 9. The molecule has 0 unspecified atom stereocenters. The van der Waals surface area contributed by atoms with Gasteiger partial charge in [0.15, 0.2) is 4.34 Å². The van der Waals surface area contributed by atoms with Crippen LogP contribution in [0.15, 0.2) is 27.4 Å². The minimum Gasteiger partial charge on any atom is -0.360 e. The first-order valence-electron chi connectivity index (χ1n) is 11.1. The van der Waals surface area contributed by atoms with E-state index in [-0.39, 0.29) is 11.7 Å². The third-order valence-electron chi connectivity index (χ3n) is 5.73. The summed E-state index contributed by atoms with van der Waals surface area (Å²) in [5.74, 6) is 0.271. The van der Waals surface area contributed by atoms with Gasteiger partial charge in [0.25, 0.3) is 0 Å². The highest BCUT2D eigenvalue weighted by atomic mass is 32.2. The zero-order chi connectivity index (χ0) is 22.6. The molecule has 11 heteroatoms. The van der Waals surface area contributed by atoms with Crippen molar-refractivity contribution >= 4 is 49.8 Å². The molecule has 2 aliphatic heterocycles. The number of thioether (sulfide) groups is 1. The third-order valence-corrected chi connectivity index (χ3v) is 9.63. The number of piperidine rings is 1. The van der Waals surface area contributed by atoms with Gasteiger partial charge in [0, 0.05) is 31.9 Å². The second-order valence-corrected chi connectivity index (χ2v) is 12.1. The molecule has 1 amide bonds.